The molecule has 0 spiro atoms. The van der Waals surface area contributed by atoms with Crippen LogP contribution in [-0.4, -0.2) is 21.9 Å². The second-order valence-corrected chi connectivity index (χ2v) is 13.6. The summed E-state index contributed by atoms with van der Waals surface area (Å²) in [5.74, 6) is 1.26. The van der Waals surface area contributed by atoms with Gasteiger partial charge in [0.2, 0.25) is 5.88 Å². The van der Waals surface area contributed by atoms with Gasteiger partial charge in [0.15, 0.2) is 0 Å². The highest BCUT2D eigenvalue weighted by molar-refractivity contribution is 5.71. The molecule has 5 nitrogen and oxygen atoms in total. The molecular weight excluding hydrogens is 477 g/mol. The molecule has 4 aliphatic rings. The van der Waals surface area contributed by atoms with Gasteiger partial charge in [-0.25, -0.2) is 9.18 Å². The summed E-state index contributed by atoms with van der Waals surface area (Å²) >= 11 is 0. The van der Waals surface area contributed by atoms with Crippen molar-refractivity contribution >= 4 is 6.09 Å². The third kappa shape index (κ3) is 4.66. The van der Waals surface area contributed by atoms with E-state index in [1.165, 1.54) is 44.2 Å². The smallest absolute Gasteiger partial charge is 0.389 e. The molecule has 0 radical (unpaired) electrons. The maximum absolute atomic E-state index is 13.6. The van der Waals surface area contributed by atoms with Crippen LogP contribution in [0.1, 0.15) is 120 Å². The highest BCUT2D eigenvalue weighted by Gasteiger charge is 2.60. The monoisotopic (exact) mass is 521 g/mol. The number of nitrogens with zero attached hydrogens (tertiary/aromatic N) is 2. The summed E-state index contributed by atoms with van der Waals surface area (Å²) in [5.41, 5.74) is 3.74. The molecule has 3 fully saturated rings. The predicted octanol–water partition coefficient (Wildman–Crippen LogP) is 7.88. The number of hydrogen-bond donors (Lipinski definition) is 1. The Bertz CT molecular complexity index is 1160. The molecule has 6 rings (SSSR count). The molecule has 3 unspecified atom stereocenters. The number of carbonyl (C=O) groups excluding carboxylic acids is 1. The van der Waals surface area contributed by atoms with E-state index in [0.29, 0.717) is 17.8 Å². The number of nitrogens with one attached hydrogen (secondary N) is 1. The average Bonchev–Trinajstić information content (AvgIpc) is 3.46. The van der Waals surface area contributed by atoms with Gasteiger partial charge < -0.3 is 10.1 Å². The minimum Gasteiger partial charge on any atom is -0.389 e. The summed E-state index contributed by atoms with van der Waals surface area (Å²) in [4.78, 5) is 13.4. The van der Waals surface area contributed by atoms with Crippen molar-refractivity contribution in [1.82, 2.24) is 15.1 Å². The van der Waals surface area contributed by atoms with Crippen molar-refractivity contribution in [3.8, 4) is 5.88 Å². The summed E-state index contributed by atoms with van der Waals surface area (Å²) < 4.78 is 22.0. The molecule has 38 heavy (non-hydrogen) atoms. The van der Waals surface area contributed by atoms with E-state index in [4.69, 9.17) is 9.84 Å². The standard InChI is InChI=1S/C32H44FN3O2/c1-31(2)23-17-18-32(3,20-23)29(31)34-30(37)38-28-26-12-8-7-9-22(19-21-13-15-24(33)16-14-21)27(26)36(35-28)25-10-5-4-6-11-25/h13-16,22-23,25,29H,4-12,17-20H2,1-3H3,(H,34,37)/t22?,23?,29-,32?/m1/s1. The fourth-order valence-corrected chi connectivity index (χ4v) is 8.64. The molecule has 2 aromatic rings. The number of carbonyl (C=O) groups is 1. The van der Waals surface area contributed by atoms with Crippen molar-refractivity contribution in [2.75, 3.05) is 0 Å². The van der Waals surface area contributed by atoms with E-state index in [2.05, 4.69) is 30.8 Å². The Morgan fingerprint density at radius 1 is 1.05 bits per heavy atom. The molecule has 1 aromatic carbocycles. The van der Waals surface area contributed by atoms with Gasteiger partial charge in [0, 0.05) is 23.2 Å². The summed E-state index contributed by atoms with van der Waals surface area (Å²) in [6.07, 6.45) is 14.2. The van der Waals surface area contributed by atoms with Crippen LogP contribution in [0.5, 0.6) is 5.88 Å². The Morgan fingerprint density at radius 2 is 1.79 bits per heavy atom. The Balaban J connectivity index is 1.30. The van der Waals surface area contributed by atoms with E-state index >= 15 is 0 Å². The normalized spacial score (nSPS) is 30.6. The van der Waals surface area contributed by atoms with Crippen LogP contribution in [-0.2, 0) is 12.8 Å². The number of ether oxygens (including phenoxy) is 1. The van der Waals surface area contributed by atoms with Gasteiger partial charge in [-0.2, -0.15) is 0 Å². The minimum absolute atomic E-state index is 0.0740. The number of amides is 1. The number of benzene rings is 1. The van der Waals surface area contributed by atoms with Gasteiger partial charge in [0.1, 0.15) is 5.82 Å². The van der Waals surface area contributed by atoms with Gasteiger partial charge in [-0.3, -0.25) is 4.68 Å². The molecule has 3 saturated carbocycles. The molecule has 0 aliphatic heterocycles. The first kappa shape index (κ1) is 25.9. The van der Waals surface area contributed by atoms with Crippen LogP contribution in [0.2, 0.25) is 0 Å². The maximum atomic E-state index is 13.6. The van der Waals surface area contributed by atoms with Crippen molar-refractivity contribution < 1.29 is 13.9 Å². The van der Waals surface area contributed by atoms with Crippen molar-refractivity contribution in [3.63, 3.8) is 0 Å². The lowest BCUT2D eigenvalue weighted by Gasteiger charge is -2.42. The Labute approximate surface area is 226 Å². The number of rotatable bonds is 5. The Morgan fingerprint density at radius 3 is 2.50 bits per heavy atom. The Kier molecular flexibility index (Phi) is 6.80. The van der Waals surface area contributed by atoms with Gasteiger partial charge in [-0.15, -0.1) is 5.10 Å². The lowest BCUT2D eigenvalue weighted by Crippen LogP contribution is -2.53. The fourth-order valence-electron chi connectivity index (χ4n) is 8.64. The van der Waals surface area contributed by atoms with Gasteiger partial charge in [0.25, 0.3) is 0 Å². The second-order valence-electron chi connectivity index (χ2n) is 13.6. The molecule has 1 amide bonds. The van der Waals surface area contributed by atoms with Crippen LogP contribution < -0.4 is 10.1 Å². The molecule has 6 heteroatoms. The van der Waals surface area contributed by atoms with E-state index in [1.54, 1.807) is 12.1 Å². The number of hydrogen-bond acceptors (Lipinski definition) is 3. The number of halogens is 1. The minimum atomic E-state index is -0.354. The van der Waals surface area contributed by atoms with E-state index in [-0.39, 0.29) is 34.7 Å². The molecule has 1 N–H and O–H groups in total. The van der Waals surface area contributed by atoms with Crippen LogP contribution in [0.3, 0.4) is 0 Å². The van der Waals surface area contributed by atoms with Crippen LogP contribution in [0, 0.1) is 22.6 Å². The highest BCUT2D eigenvalue weighted by Crippen LogP contribution is 2.62. The summed E-state index contributed by atoms with van der Waals surface area (Å²) in [7, 11) is 0. The third-order valence-electron chi connectivity index (χ3n) is 10.7. The van der Waals surface area contributed by atoms with Crippen LogP contribution in [0.4, 0.5) is 9.18 Å². The molecule has 1 heterocycles. The topological polar surface area (TPSA) is 56.1 Å². The second kappa shape index (κ2) is 9.98. The van der Waals surface area contributed by atoms with Crippen molar-refractivity contribution in [2.24, 2.45) is 16.7 Å². The molecule has 0 saturated heterocycles. The van der Waals surface area contributed by atoms with Gasteiger partial charge >= 0.3 is 6.09 Å². The first-order valence-electron chi connectivity index (χ1n) is 15.1. The summed E-state index contributed by atoms with van der Waals surface area (Å²) in [5, 5.41) is 8.36. The van der Waals surface area contributed by atoms with E-state index in [9.17, 15) is 9.18 Å². The predicted molar refractivity (Wildman–Crippen MR) is 147 cm³/mol. The number of fused-ring (bicyclic) bond motifs is 3. The molecule has 1 aromatic heterocycles. The zero-order chi connectivity index (χ0) is 26.5. The molecule has 4 aliphatic carbocycles. The first-order valence-corrected chi connectivity index (χ1v) is 15.1. The summed E-state index contributed by atoms with van der Waals surface area (Å²) in [6.45, 7) is 6.93. The average molecular weight is 522 g/mol. The highest BCUT2D eigenvalue weighted by atomic mass is 19.1. The van der Waals surface area contributed by atoms with Gasteiger partial charge in [-0.1, -0.05) is 58.6 Å². The van der Waals surface area contributed by atoms with Crippen LogP contribution in [0.25, 0.3) is 0 Å². The summed E-state index contributed by atoms with van der Waals surface area (Å²) in [6, 6.07) is 7.40. The molecule has 2 bridgehead atoms. The van der Waals surface area contributed by atoms with Crippen molar-refractivity contribution in [2.45, 2.75) is 122 Å². The largest absolute Gasteiger partial charge is 0.414 e. The molecule has 4 atom stereocenters. The van der Waals surface area contributed by atoms with E-state index in [1.807, 2.05) is 12.1 Å². The lowest BCUT2D eigenvalue weighted by molar-refractivity contribution is 0.103. The van der Waals surface area contributed by atoms with E-state index < -0.39 is 0 Å². The quantitative estimate of drug-likeness (QED) is 0.407. The molecular formula is C32H44FN3O2. The van der Waals surface area contributed by atoms with Crippen LogP contribution in [0.15, 0.2) is 24.3 Å². The lowest BCUT2D eigenvalue weighted by atomic mass is 9.68. The van der Waals surface area contributed by atoms with Crippen molar-refractivity contribution in [3.05, 3.63) is 46.9 Å². The van der Waals surface area contributed by atoms with Crippen molar-refractivity contribution in [1.29, 1.82) is 0 Å². The Hall–Kier alpha value is -2.37. The molecule has 206 valence electrons. The third-order valence-corrected chi connectivity index (χ3v) is 10.7. The van der Waals surface area contributed by atoms with Gasteiger partial charge in [-0.05, 0) is 92.2 Å². The first-order chi connectivity index (χ1) is 18.2. The fraction of sp³-hybridized carbons (Fsp3) is 0.688. The maximum Gasteiger partial charge on any atom is 0.414 e. The number of aromatic nitrogens is 2. The zero-order valence-electron chi connectivity index (χ0n) is 23.4. The van der Waals surface area contributed by atoms with E-state index in [0.717, 1.165) is 56.1 Å². The zero-order valence-corrected chi connectivity index (χ0v) is 23.4. The van der Waals surface area contributed by atoms with Gasteiger partial charge in [0.05, 0.1) is 6.04 Å². The SMILES string of the molecule is CC12CCC(C1)C(C)(C)[C@H]2NC(=O)Oc1nn(C2CCCCC2)c2c1CCCCC2Cc1ccc(F)cc1. The van der Waals surface area contributed by atoms with Crippen LogP contribution >= 0.6 is 0 Å².